The highest BCUT2D eigenvalue weighted by atomic mass is 19.4. The first-order valence-electron chi connectivity index (χ1n) is 7.12. The molecule has 2 aromatic carbocycles. The van der Waals surface area contributed by atoms with Crippen molar-refractivity contribution in [2.24, 2.45) is 0 Å². The number of esters is 1. The number of amides is 1. The molecule has 0 unspecified atom stereocenters. The summed E-state index contributed by atoms with van der Waals surface area (Å²) in [4.78, 5) is 23.5. The second-order valence-electron chi connectivity index (χ2n) is 5.06. The molecule has 0 aromatic heterocycles. The first-order valence-corrected chi connectivity index (χ1v) is 7.12. The highest BCUT2D eigenvalue weighted by Crippen LogP contribution is 2.22. The third-order valence-electron chi connectivity index (χ3n) is 2.99. The number of ether oxygens (including phenoxy) is 2. The van der Waals surface area contributed by atoms with Crippen LogP contribution in [0.5, 0.6) is 5.75 Å². The minimum atomic E-state index is -4.81. The molecule has 0 spiro atoms. The zero-order chi connectivity index (χ0) is 18.4. The normalized spacial score (nSPS) is 10.9. The summed E-state index contributed by atoms with van der Waals surface area (Å²) in [5.41, 5.74) is 1.58. The SMILES string of the molecule is Cc1ccc(NC(=O)COC(=O)c2ccc(OC(F)(F)F)cc2)cc1. The lowest BCUT2D eigenvalue weighted by molar-refractivity contribution is -0.274. The molecule has 2 rings (SSSR count). The number of nitrogens with one attached hydrogen (secondary N) is 1. The molecule has 5 nitrogen and oxygen atoms in total. The molecule has 0 saturated heterocycles. The Bertz CT molecular complexity index is 740. The molecule has 1 amide bonds. The van der Waals surface area contributed by atoms with Gasteiger partial charge in [0.15, 0.2) is 6.61 Å². The molecule has 0 aliphatic heterocycles. The first kappa shape index (κ1) is 18.3. The Kier molecular flexibility index (Phi) is 5.63. The highest BCUT2D eigenvalue weighted by molar-refractivity contribution is 5.95. The van der Waals surface area contributed by atoms with Crippen LogP contribution in [0.15, 0.2) is 48.5 Å². The maximum Gasteiger partial charge on any atom is 0.573 e. The summed E-state index contributed by atoms with van der Waals surface area (Å²) < 4.78 is 44.7. The quantitative estimate of drug-likeness (QED) is 0.833. The number of anilines is 1. The fourth-order valence-electron chi connectivity index (χ4n) is 1.84. The summed E-state index contributed by atoms with van der Waals surface area (Å²) in [6.45, 7) is 1.38. The molecule has 0 aliphatic rings. The van der Waals surface area contributed by atoms with Gasteiger partial charge in [0.1, 0.15) is 5.75 Å². The Morgan fingerprint density at radius 3 is 2.16 bits per heavy atom. The van der Waals surface area contributed by atoms with Gasteiger partial charge in [-0.3, -0.25) is 4.79 Å². The van der Waals surface area contributed by atoms with Gasteiger partial charge in [0.25, 0.3) is 5.91 Å². The van der Waals surface area contributed by atoms with Crippen LogP contribution in [-0.4, -0.2) is 24.8 Å². The Morgan fingerprint density at radius 1 is 1.00 bits per heavy atom. The van der Waals surface area contributed by atoms with E-state index in [0.29, 0.717) is 5.69 Å². The predicted octanol–water partition coefficient (Wildman–Crippen LogP) is 3.69. The lowest BCUT2D eigenvalue weighted by Gasteiger charge is -2.09. The molecule has 8 heteroatoms. The number of rotatable bonds is 5. The van der Waals surface area contributed by atoms with E-state index in [-0.39, 0.29) is 5.56 Å². The van der Waals surface area contributed by atoms with Crippen LogP contribution >= 0.6 is 0 Å². The number of carbonyl (C=O) groups is 2. The highest BCUT2D eigenvalue weighted by Gasteiger charge is 2.31. The molecule has 0 radical (unpaired) electrons. The van der Waals surface area contributed by atoms with Crippen LogP contribution in [0.4, 0.5) is 18.9 Å². The Balaban J connectivity index is 1.85. The van der Waals surface area contributed by atoms with Gasteiger partial charge in [-0.05, 0) is 43.3 Å². The molecule has 0 bridgehead atoms. The molecule has 2 aromatic rings. The van der Waals surface area contributed by atoms with Gasteiger partial charge >= 0.3 is 12.3 Å². The van der Waals surface area contributed by atoms with Crippen molar-refractivity contribution in [2.75, 3.05) is 11.9 Å². The van der Waals surface area contributed by atoms with Gasteiger partial charge in [-0.1, -0.05) is 17.7 Å². The maximum absolute atomic E-state index is 12.1. The van der Waals surface area contributed by atoms with Crippen molar-refractivity contribution in [2.45, 2.75) is 13.3 Å². The van der Waals surface area contributed by atoms with Crippen LogP contribution in [0.1, 0.15) is 15.9 Å². The molecule has 0 aliphatic carbocycles. The van der Waals surface area contributed by atoms with Gasteiger partial charge in [-0.15, -0.1) is 13.2 Å². The lowest BCUT2D eigenvalue weighted by Crippen LogP contribution is -2.21. The van der Waals surface area contributed by atoms with E-state index in [1.807, 2.05) is 19.1 Å². The number of aryl methyl sites for hydroxylation is 1. The number of benzene rings is 2. The molecule has 0 saturated carbocycles. The molecule has 25 heavy (non-hydrogen) atoms. The molecular weight excluding hydrogens is 339 g/mol. The van der Waals surface area contributed by atoms with E-state index in [4.69, 9.17) is 4.74 Å². The first-order chi connectivity index (χ1) is 11.7. The number of hydrogen-bond acceptors (Lipinski definition) is 4. The van der Waals surface area contributed by atoms with Gasteiger partial charge in [-0.25, -0.2) is 4.79 Å². The molecule has 132 valence electrons. The van der Waals surface area contributed by atoms with Gasteiger partial charge in [0.05, 0.1) is 5.56 Å². The van der Waals surface area contributed by atoms with Gasteiger partial charge in [0, 0.05) is 5.69 Å². The van der Waals surface area contributed by atoms with E-state index >= 15 is 0 Å². The Labute approximate surface area is 141 Å². The number of alkyl halides is 3. The molecule has 0 fully saturated rings. The fraction of sp³-hybridized carbons (Fsp3) is 0.176. The van der Waals surface area contributed by atoms with E-state index in [2.05, 4.69) is 10.1 Å². The Morgan fingerprint density at radius 2 is 1.60 bits per heavy atom. The summed E-state index contributed by atoms with van der Waals surface area (Å²) >= 11 is 0. The predicted molar refractivity (Wildman–Crippen MR) is 83.2 cm³/mol. The van der Waals surface area contributed by atoms with Crippen molar-refractivity contribution in [1.29, 1.82) is 0 Å². The Hall–Kier alpha value is -3.03. The van der Waals surface area contributed by atoms with E-state index in [1.165, 1.54) is 0 Å². The van der Waals surface area contributed by atoms with Crippen molar-refractivity contribution in [3.05, 3.63) is 59.7 Å². The summed E-state index contributed by atoms with van der Waals surface area (Å²) in [6, 6.07) is 11.2. The van der Waals surface area contributed by atoms with Crippen LogP contribution < -0.4 is 10.1 Å². The van der Waals surface area contributed by atoms with Crippen molar-refractivity contribution in [1.82, 2.24) is 0 Å². The number of hydrogen-bond donors (Lipinski definition) is 1. The zero-order valence-corrected chi connectivity index (χ0v) is 13.1. The number of halogens is 3. The van der Waals surface area contributed by atoms with Crippen molar-refractivity contribution in [3.63, 3.8) is 0 Å². The minimum Gasteiger partial charge on any atom is -0.452 e. The zero-order valence-electron chi connectivity index (χ0n) is 13.1. The van der Waals surface area contributed by atoms with Crippen LogP contribution in [0, 0.1) is 6.92 Å². The second-order valence-corrected chi connectivity index (χ2v) is 5.06. The second kappa shape index (κ2) is 7.69. The minimum absolute atomic E-state index is 0.00217. The van der Waals surface area contributed by atoms with Crippen LogP contribution in [-0.2, 0) is 9.53 Å². The van der Waals surface area contributed by atoms with E-state index < -0.39 is 30.6 Å². The monoisotopic (exact) mass is 353 g/mol. The smallest absolute Gasteiger partial charge is 0.452 e. The van der Waals surface area contributed by atoms with E-state index in [0.717, 1.165) is 29.8 Å². The summed E-state index contributed by atoms with van der Waals surface area (Å²) in [6.07, 6.45) is -4.81. The topological polar surface area (TPSA) is 64.6 Å². The molecule has 1 N–H and O–H groups in total. The van der Waals surface area contributed by atoms with Crippen LogP contribution in [0.2, 0.25) is 0 Å². The summed E-state index contributed by atoms with van der Waals surface area (Å²) in [5.74, 6) is -1.83. The fourth-order valence-corrected chi connectivity index (χ4v) is 1.84. The van der Waals surface area contributed by atoms with E-state index in [1.54, 1.807) is 12.1 Å². The standard InChI is InChI=1S/C17H14F3NO4/c1-11-2-6-13(7-3-11)21-15(22)10-24-16(23)12-4-8-14(9-5-12)25-17(18,19)20/h2-9H,10H2,1H3,(H,21,22). The molecule has 0 atom stereocenters. The van der Waals surface area contributed by atoms with Gasteiger partial charge < -0.3 is 14.8 Å². The molecule has 0 heterocycles. The van der Waals surface area contributed by atoms with Crippen molar-refractivity contribution in [3.8, 4) is 5.75 Å². The maximum atomic E-state index is 12.1. The van der Waals surface area contributed by atoms with Crippen molar-refractivity contribution < 1.29 is 32.2 Å². The lowest BCUT2D eigenvalue weighted by atomic mass is 10.2. The summed E-state index contributed by atoms with van der Waals surface area (Å²) in [5, 5.41) is 2.55. The van der Waals surface area contributed by atoms with Crippen LogP contribution in [0.3, 0.4) is 0 Å². The third-order valence-corrected chi connectivity index (χ3v) is 2.99. The average molecular weight is 353 g/mol. The van der Waals surface area contributed by atoms with Gasteiger partial charge in [0.2, 0.25) is 0 Å². The summed E-state index contributed by atoms with van der Waals surface area (Å²) in [7, 11) is 0. The number of carbonyl (C=O) groups excluding carboxylic acids is 2. The molecular formula is C17H14F3NO4. The average Bonchev–Trinajstić information content (AvgIpc) is 2.54. The van der Waals surface area contributed by atoms with Crippen molar-refractivity contribution >= 4 is 17.6 Å². The van der Waals surface area contributed by atoms with Crippen LogP contribution in [0.25, 0.3) is 0 Å². The van der Waals surface area contributed by atoms with E-state index in [9.17, 15) is 22.8 Å². The largest absolute Gasteiger partial charge is 0.573 e. The third kappa shape index (κ3) is 6.17. The van der Waals surface area contributed by atoms with Gasteiger partial charge in [-0.2, -0.15) is 0 Å².